The number of hydrogen-bond donors (Lipinski definition) is 0. The molecule has 0 saturated carbocycles. The van der Waals surface area contributed by atoms with Gasteiger partial charge >= 0.3 is 0 Å². The van der Waals surface area contributed by atoms with Gasteiger partial charge in [0, 0.05) is 26.2 Å². The van der Waals surface area contributed by atoms with Crippen LogP contribution in [0.5, 0.6) is 0 Å². The molecule has 0 bridgehead atoms. The van der Waals surface area contributed by atoms with Crippen LogP contribution in [-0.2, 0) is 0 Å². The topological polar surface area (TPSA) is 23.6 Å². The number of nitrogens with zero attached hydrogens (tertiary/aromatic N) is 2. The molecule has 0 N–H and O–H groups in total. The molecule has 0 atom stereocenters. The number of thiophene rings is 1. The second kappa shape index (κ2) is 6.26. The predicted octanol–water partition coefficient (Wildman–Crippen LogP) is 4.02. The molecule has 0 radical (unpaired) electrons. The molecule has 6 heteroatoms. The van der Waals surface area contributed by atoms with Crippen molar-refractivity contribution in [3.8, 4) is 0 Å². The molecule has 3 nitrogen and oxygen atoms in total. The van der Waals surface area contributed by atoms with Crippen LogP contribution < -0.4 is 4.90 Å². The molecule has 1 fully saturated rings. The molecule has 1 aromatic heterocycles. The largest absolute Gasteiger partial charge is 0.367 e. The van der Waals surface area contributed by atoms with Crippen LogP contribution in [0.4, 0.5) is 5.69 Å². The number of halogens is 2. The van der Waals surface area contributed by atoms with Crippen LogP contribution in [0.2, 0.25) is 10.0 Å². The van der Waals surface area contributed by atoms with Gasteiger partial charge in [0.1, 0.15) is 0 Å². The first-order valence-corrected chi connectivity index (χ1v) is 8.32. The normalized spacial score (nSPS) is 15.3. The smallest absolute Gasteiger partial charge is 0.264 e. The van der Waals surface area contributed by atoms with E-state index < -0.39 is 0 Å². The lowest BCUT2D eigenvalue weighted by Gasteiger charge is -2.36. The number of benzene rings is 1. The molecule has 2 aromatic rings. The second-order valence-corrected chi connectivity index (χ2v) is 6.56. The summed E-state index contributed by atoms with van der Waals surface area (Å²) in [5.41, 5.74) is 0.937. The van der Waals surface area contributed by atoms with Gasteiger partial charge in [-0.05, 0) is 23.6 Å². The lowest BCUT2D eigenvalue weighted by molar-refractivity contribution is 0.0751. The lowest BCUT2D eigenvalue weighted by atomic mass is 10.2. The third kappa shape index (κ3) is 3.03. The van der Waals surface area contributed by atoms with Gasteiger partial charge in [-0.3, -0.25) is 4.79 Å². The van der Waals surface area contributed by atoms with Crippen LogP contribution in [-0.4, -0.2) is 37.0 Å². The number of piperazine rings is 1. The Morgan fingerprint density at radius 2 is 1.81 bits per heavy atom. The summed E-state index contributed by atoms with van der Waals surface area (Å²) in [6.07, 6.45) is 0. The standard InChI is InChI=1S/C15H14Cl2N2OS/c16-11-3-1-4-12(14(11)17)18-6-8-19(9-7-18)15(20)13-5-2-10-21-13/h1-5,10H,6-9H2. The Morgan fingerprint density at radius 3 is 2.48 bits per heavy atom. The first-order chi connectivity index (χ1) is 10.2. The molecule has 1 aliphatic heterocycles. The first-order valence-electron chi connectivity index (χ1n) is 6.68. The van der Waals surface area contributed by atoms with Gasteiger partial charge in [-0.15, -0.1) is 11.3 Å². The maximum atomic E-state index is 12.3. The zero-order valence-electron chi connectivity index (χ0n) is 11.3. The van der Waals surface area contributed by atoms with E-state index in [1.54, 1.807) is 6.07 Å². The van der Waals surface area contributed by atoms with Crippen LogP contribution >= 0.6 is 34.5 Å². The quantitative estimate of drug-likeness (QED) is 0.824. The highest BCUT2D eigenvalue weighted by Gasteiger charge is 2.24. The Bertz CT molecular complexity index is 637. The molecule has 3 rings (SSSR count). The van der Waals surface area contributed by atoms with Crippen LogP contribution in [0.3, 0.4) is 0 Å². The van der Waals surface area contributed by atoms with Crippen LogP contribution in [0, 0.1) is 0 Å². The highest BCUT2D eigenvalue weighted by atomic mass is 35.5. The first kappa shape index (κ1) is 14.7. The molecular formula is C15H14Cl2N2OS. The Morgan fingerprint density at radius 1 is 1.05 bits per heavy atom. The number of carbonyl (C=O) groups excluding carboxylic acids is 1. The lowest BCUT2D eigenvalue weighted by Crippen LogP contribution is -2.48. The highest BCUT2D eigenvalue weighted by molar-refractivity contribution is 7.12. The zero-order valence-corrected chi connectivity index (χ0v) is 13.6. The Kier molecular flexibility index (Phi) is 4.38. The van der Waals surface area contributed by atoms with Gasteiger partial charge in [0.05, 0.1) is 20.6 Å². The number of hydrogen-bond acceptors (Lipinski definition) is 3. The summed E-state index contributed by atoms with van der Waals surface area (Å²) < 4.78 is 0. The van der Waals surface area contributed by atoms with E-state index >= 15 is 0 Å². The average molecular weight is 341 g/mol. The molecule has 1 saturated heterocycles. The van der Waals surface area contributed by atoms with E-state index in [0.29, 0.717) is 23.1 Å². The SMILES string of the molecule is O=C(c1cccs1)N1CCN(c2cccc(Cl)c2Cl)CC1. The molecule has 2 heterocycles. The van der Waals surface area contributed by atoms with Gasteiger partial charge in [-0.1, -0.05) is 35.3 Å². The monoisotopic (exact) mass is 340 g/mol. The summed E-state index contributed by atoms with van der Waals surface area (Å²) in [6.45, 7) is 2.91. The van der Waals surface area contributed by atoms with E-state index in [4.69, 9.17) is 23.2 Å². The van der Waals surface area contributed by atoms with Gasteiger partial charge in [-0.25, -0.2) is 0 Å². The van der Waals surface area contributed by atoms with Crippen LogP contribution in [0.25, 0.3) is 0 Å². The van der Waals surface area contributed by atoms with E-state index in [2.05, 4.69) is 4.90 Å². The molecule has 1 aliphatic rings. The molecule has 0 spiro atoms. The Balaban J connectivity index is 1.68. The predicted molar refractivity (Wildman–Crippen MR) is 88.9 cm³/mol. The number of amides is 1. The molecular weight excluding hydrogens is 327 g/mol. The average Bonchev–Trinajstić information content (AvgIpc) is 3.04. The molecule has 1 amide bonds. The summed E-state index contributed by atoms with van der Waals surface area (Å²) in [6, 6.07) is 9.41. The summed E-state index contributed by atoms with van der Waals surface area (Å²) >= 11 is 13.8. The van der Waals surface area contributed by atoms with Crippen molar-refractivity contribution in [1.82, 2.24) is 4.90 Å². The van der Waals surface area contributed by atoms with Crippen molar-refractivity contribution in [1.29, 1.82) is 0 Å². The minimum atomic E-state index is 0.113. The summed E-state index contributed by atoms with van der Waals surface area (Å²) in [5.74, 6) is 0.113. The van der Waals surface area contributed by atoms with Crippen molar-refractivity contribution in [3.63, 3.8) is 0 Å². The zero-order chi connectivity index (χ0) is 14.8. The minimum Gasteiger partial charge on any atom is -0.367 e. The van der Waals surface area contributed by atoms with E-state index in [-0.39, 0.29) is 5.91 Å². The van der Waals surface area contributed by atoms with E-state index in [0.717, 1.165) is 23.7 Å². The van der Waals surface area contributed by atoms with Crippen LogP contribution in [0.15, 0.2) is 35.7 Å². The van der Waals surface area contributed by atoms with Gasteiger partial charge in [0.2, 0.25) is 0 Å². The molecule has 0 unspecified atom stereocenters. The van der Waals surface area contributed by atoms with Crippen molar-refractivity contribution < 1.29 is 4.79 Å². The van der Waals surface area contributed by atoms with Gasteiger partial charge in [0.25, 0.3) is 5.91 Å². The number of rotatable bonds is 2. The van der Waals surface area contributed by atoms with Gasteiger partial charge < -0.3 is 9.80 Å². The van der Waals surface area contributed by atoms with Crippen LogP contribution in [0.1, 0.15) is 9.67 Å². The molecule has 21 heavy (non-hydrogen) atoms. The molecule has 1 aromatic carbocycles. The Hall–Kier alpha value is -1.23. The maximum absolute atomic E-state index is 12.3. The van der Waals surface area contributed by atoms with Crippen molar-refractivity contribution in [3.05, 3.63) is 50.6 Å². The third-order valence-electron chi connectivity index (χ3n) is 3.57. The van der Waals surface area contributed by atoms with Crippen molar-refractivity contribution in [2.24, 2.45) is 0 Å². The number of anilines is 1. The summed E-state index contributed by atoms with van der Waals surface area (Å²) in [4.78, 5) is 17.2. The highest BCUT2D eigenvalue weighted by Crippen LogP contribution is 2.33. The number of carbonyl (C=O) groups is 1. The van der Waals surface area contributed by atoms with Gasteiger partial charge in [0.15, 0.2) is 0 Å². The van der Waals surface area contributed by atoms with Gasteiger partial charge in [-0.2, -0.15) is 0 Å². The fourth-order valence-electron chi connectivity index (χ4n) is 2.44. The maximum Gasteiger partial charge on any atom is 0.264 e. The Labute approximate surface area is 137 Å². The fourth-order valence-corrected chi connectivity index (χ4v) is 3.55. The van der Waals surface area contributed by atoms with E-state index in [9.17, 15) is 4.79 Å². The van der Waals surface area contributed by atoms with Crippen molar-refractivity contribution in [2.75, 3.05) is 31.1 Å². The third-order valence-corrected chi connectivity index (χ3v) is 5.24. The fraction of sp³-hybridized carbons (Fsp3) is 0.267. The molecule has 0 aliphatic carbocycles. The summed E-state index contributed by atoms with van der Waals surface area (Å²) in [5, 5.41) is 3.07. The van der Waals surface area contributed by atoms with E-state index in [1.165, 1.54) is 11.3 Å². The van der Waals surface area contributed by atoms with Crippen molar-refractivity contribution in [2.45, 2.75) is 0 Å². The minimum absolute atomic E-state index is 0.113. The van der Waals surface area contributed by atoms with Crippen molar-refractivity contribution >= 4 is 46.1 Å². The van der Waals surface area contributed by atoms with E-state index in [1.807, 2.05) is 34.5 Å². The summed E-state index contributed by atoms with van der Waals surface area (Å²) in [7, 11) is 0. The molecule has 110 valence electrons. The second-order valence-electron chi connectivity index (χ2n) is 4.83.